The van der Waals surface area contributed by atoms with Gasteiger partial charge in [0.15, 0.2) is 0 Å². The predicted octanol–water partition coefficient (Wildman–Crippen LogP) is -0.113. The minimum atomic E-state index is -4.39. The van der Waals surface area contributed by atoms with Crippen LogP contribution in [0.2, 0.25) is 0 Å². The third kappa shape index (κ3) is 5.82. The molecule has 2 aliphatic heterocycles. The van der Waals surface area contributed by atoms with Gasteiger partial charge in [-0.2, -0.15) is 13.2 Å². The number of piperidine rings is 1. The van der Waals surface area contributed by atoms with Crippen LogP contribution in [0.4, 0.5) is 13.2 Å². The van der Waals surface area contributed by atoms with Crippen LogP contribution < -0.4 is 16.0 Å². The summed E-state index contributed by atoms with van der Waals surface area (Å²) in [4.78, 5) is 24.5. The Morgan fingerprint density at radius 1 is 1.30 bits per heavy atom. The topological polar surface area (TPSA) is 73.5 Å². The largest absolute Gasteiger partial charge is 0.405 e. The highest BCUT2D eigenvalue weighted by atomic mass is 35.5. The van der Waals surface area contributed by atoms with Crippen molar-refractivity contribution in [2.24, 2.45) is 5.92 Å². The van der Waals surface area contributed by atoms with Gasteiger partial charge in [-0.25, -0.2) is 0 Å². The predicted molar refractivity (Wildman–Crippen MR) is 80.3 cm³/mol. The maximum Gasteiger partial charge on any atom is 0.405 e. The van der Waals surface area contributed by atoms with E-state index in [4.69, 9.17) is 0 Å². The molecule has 10 heteroatoms. The fraction of sp³-hybridized carbons (Fsp3) is 0.846. The number of hydrogen-bond acceptors (Lipinski definition) is 4. The molecule has 0 aliphatic carbocycles. The van der Waals surface area contributed by atoms with E-state index in [2.05, 4.69) is 16.0 Å². The molecular weight excluding hydrogens is 337 g/mol. The van der Waals surface area contributed by atoms with Gasteiger partial charge in [0, 0.05) is 51.6 Å². The summed E-state index contributed by atoms with van der Waals surface area (Å²) in [7, 11) is 0. The van der Waals surface area contributed by atoms with Gasteiger partial charge in [0.1, 0.15) is 6.04 Å². The standard InChI is InChI=1S/C13H21F3N4O2.ClH/c14-13(15,16)10(20-5-3-17-4-6-20)8-19-12(22)9-1-2-18-11(21)7-9;/h9-10,17H,1-8H2,(H,18,21)(H,19,22);1H. The highest BCUT2D eigenvalue weighted by molar-refractivity contribution is 5.86. The number of hydrogen-bond donors (Lipinski definition) is 3. The van der Waals surface area contributed by atoms with E-state index in [1.54, 1.807) is 0 Å². The van der Waals surface area contributed by atoms with Gasteiger partial charge in [-0.3, -0.25) is 14.5 Å². The smallest absolute Gasteiger partial charge is 0.356 e. The lowest BCUT2D eigenvalue weighted by molar-refractivity contribution is -0.184. The number of nitrogens with one attached hydrogen (secondary N) is 3. The van der Waals surface area contributed by atoms with Crippen molar-refractivity contribution in [1.29, 1.82) is 0 Å². The summed E-state index contributed by atoms with van der Waals surface area (Å²) < 4.78 is 39.5. The first-order valence-electron chi connectivity index (χ1n) is 7.44. The van der Waals surface area contributed by atoms with Crippen molar-refractivity contribution < 1.29 is 22.8 Å². The van der Waals surface area contributed by atoms with Gasteiger partial charge >= 0.3 is 6.18 Å². The number of piperazine rings is 1. The summed E-state index contributed by atoms with van der Waals surface area (Å²) in [6.45, 7) is 1.52. The normalized spacial score (nSPS) is 24.3. The summed E-state index contributed by atoms with van der Waals surface area (Å²) >= 11 is 0. The Hall–Kier alpha value is -1.06. The van der Waals surface area contributed by atoms with Crippen LogP contribution in [0.25, 0.3) is 0 Å². The van der Waals surface area contributed by atoms with Crippen molar-refractivity contribution >= 4 is 24.2 Å². The maximum absolute atomic E-state index is 13.2. The monoisotopic (exact) mass is 358 g/mol. The second kappa shape index (κ2) is 8.70. The number of halogens is 4. The maximum atomic E-state index is 13.2. The summed E-state index contributed by atoms with van der Waals surface area (Å²) in [6, 6.07) is -1.68. The Labute approximate surface area is 138 Å². The lowest BCUT2D eigenvalue weighted by atomic mass is 9.96. The zero-order chi connectivity index (χ0) is 16.2. The van der Waals surface area contributed by atoms with E-state index in [1.165, 1.54) is 4.90 Å². The third-order valence-corrected chi connectivity index (χ3v) is 4.06. The van der Waals surface area contributed by atoms with Crippen molar-refractivity contribution in [2.45, 2.75) is 25.1 Å². The molecule has 3 N–H and O–H groups in total. The van der Waals surface area contributed by atoms with E-state index in [-0.39, 0.29) is 24.7 Å². The van der Waals surface area contributed by atoms with Crippen molar-refractivity contribution in [2.75, 3.05) is 39.3 Å². The molecular formula is C13H22ClF3N4O2. The zero-order valence-electron chi connectivity index (χ0n) is 12.6. The zero-order valence-corrected chi connectivity index (χ0v) is 13.4. The molecule has 2 rings (SSSR count). The lowest BCUT2D eigenvalue weighted by Crippen LogP contribution is -2.58. The van der Waals surface area contributed by atoms with E-state index >= 15 is 0 Å². The average Bonchev–Trinajstić information content (AvgIpc) is 2.47. The quantitative estimate of drug-likeness (QED) is 0.655. The molecule has 2 amide bonds. The Morgan fingerprint density at radius 3 is 2.52 bits per heavy atom. The number of carbonyl (C=O) groups excluding carboxylic acids is 2. The Morgan fingerprint density at radius 2 is 1.96 bits per heavy atom. The molecule has 23 heavy (non-hydrogen) atoms. The third-order valence-electron chi connectivity index (χ3n) is 4.06. The van der Waals surface area contributed by atoms with E-state index in [1.807, 2.05) is 0 Å². The molecule has 0 saturated carbocycles. The van der Waals surface area contributed by atoms with Gasteiger partial charge in [-0.15, -0.1) is 12.4 Å². The second-order valence-electron chi connectivity index (χ2n) is 5.63. The molecule has 2 aliphatic rings. The molecule has 6 nitrogen and oxygen atoms in total. The molecule has 0 radical (unpaired) electrons. The number of rotatable bonds is 4. The molecule has 2 fully saturated rings. The SMILES string of the molecule is Cl.O=C1CC(C(=O)NCC(N2CCNCC2)C(F)(F)F)CCN1. The first-order valence-corrected chi connectivity index (χ1v) is 7.44. The Bertz CT molecular complexity index is 417. The van der Waals surface area contributed by atoms with Crippen LogP contribution in [0.15, 0.2) is 0 Å². The summed E-state index contributed by atoms with van der Waals surface area (Å²) in [5, 5.41) is 7.97. The minimum Gasteiger partial charge on any atom is -0.356 e. The molecule has 2 atom stereocenters. The van der Waals surface area contributed by atoms with Crippen molar-refractivity contribution in [3.63, 3.8) is 0 Å². The van der Waals surface area contributed by atoms with Gasteiger partial charge in [0.25, 0.3) is 0 Å². The molecule has 2 unspecified atom stereocenters. The van der Waals surface area contributed by atoms with Gasteiger partial charge in [-0.05, 0) is 6.42 Å². The molecule has 0 aromatic heterocycles. The Kier molecular flexibility index (Phi) is 7.56. The van der Waals surface area contributed by atoms with Crippen LogP contribution in [0.3, 0.4) is 0 Å². The Balaban J connectivity index is 0.00000264. The first-order chi connectivity index (χ1) is 10.4. The molecule has 134 valence electrons. The van der Waals surface area contributed by atoms with Gasteiger partial charge in [0.2, 0.25) is 11.8 Å². The van der Waals surface area contributed by atoms with Crippen molar-refractivity contribution in [3.8, 4) is 0 Å². The summed E-state index contributed by atoms with van der Waals surface area (Å²) in [5.74, 6) is -1.24. The molecule has 2 heterocycles. The van der Waals surface area contributed by atoms with E-state index in [0.717, 1.165) is 0 Å². The lowest BCUT2D eigenvalue weighted by Gasteiger charge is -2.36. The first kappa shape index (κ1) is 20.0. The minimum absolute atomic E-state index is 0. The van der Waals surface area contributed by atoms with Gasteiger partial charge in [-0.1, -0.05) is 0 Å². The summed E-state index contributed by atoms with van der Waals surface area (Å²) in [6.07, 6.45) is -3.90. The molecule has 0 aromatic carbocycles. The van der Waals surface area contributed by atoms with Crippen LogP contribution in [0, 0.1) is 5.92 Å². The molecule has 0 aromatic rings. The fourth-order valence-corrected chi connectivity index (χ4v) is 2.79. The van der Waals surface area contributed by atoms with Crippen molar-refractivity contribution in [1.82, 2.24) is 20.9 Å². The summed E-state index contributed by atoms with van der Waals surface area (Å²) in [5.41, 5.74) is 0. The number of carbonyl (C=O) groups is 2. The van der Waals surface area contributed by atoms with Gasteiger partial charge in [0.05, 0.1) is 0 Å². The second-order valence-corrected chi connectivity index (χ2v) is 5.63. The van der Waals surface area contributed by atoms with Crippen LogP contribution in [-0.4, -0.2) is 68.2 Å². The van der Waals surface area contributed by atoms with Crippen LogP contribution in [0.5, 0.6) is 0 Å². The van der Waals surface area contributed by atoms with Crippen LogP contribution in [0.1, 0.15) is 12.8 Å². The average molecular weight is 359 g/mol. The highest BCUT2D eigenvalue weighted by Crippen LogP contribution is 2.25. The molecule has 0 spiro atoms. The van der Waals surface area contributed by atoms with E-state index in [0.29, 0.717) is 39.1 Å². The number of nitrogens with zero attached hydrogens (tertiary/aromatic N) is 1. The number of amides is 2. The molecule has 0 bridgehead atoms. The van der Waals surface area contributed by atoms with E-state index < -0.39 is 30.6 Å². The van der Waals surface area contributed by atoms with E-state index in [9.17, 15) is 22.8 Å². The molecule has 2 saturated heterocycles. The van der Waals surface area contributed by atoms with Crippen LogP contribution >= 0.6 is 12.4 Å². The number of alkyl halides is 3. The van der Waals surface area contributed by atoms with Gasteiger partial charge < -0.3 is 16.0 Å². The van der Waals surface area contributed by atoms with Crippen LogP contribution in [-0.2, 0) is 9.59 Å². The van der Waals surface area contributed by atoms with Crippen molar-refractivity contribution in [3.05, 3.63) is 0 Å². The fourth-order valence-electron chi connectivity index (χ4n) is 2.79. The highest BCUT2D eigenvalue weighted by Gasteiger charge is 2.44.